The fourth-order valence-electron chi connectivity index (χ4n) is 1.69. The molecule has 13 heavy (non-hydrogen) atoms. The van der Waals surface area contributed by atoms with Gasteiger partial charge in [0.25, 0.3) is 0 Å². The Balaban J connectivity index is 2.44. The second kappa shape index (κ2) is 2.66. The second-order valence-electron chi connectivity index (χ2n) is 4.20. The molecule has 0 fully saturated rings. The number of anilines is 1. The molecule has 1 aliphatic heterocycles. The molecule has 2 N–H and O–H groups in total. The quantitative estimate of drug-likeness (QED) is 0.617. The molecule has 1 heterocycles. The molecule has 0 spiro atoms. The molecule has 1 aromatic carbocycles. The number of rotatable bonds is 0. The number of ether oxygens (including phenoxy) is 1. The highest BCUT2D eigenvalue weighted by atomic mass is 16.5. The summed E-state index contributed by atoms with van der Waals surface area (Å²) < 4.78 is 5.83. The summed E-state index contributed by atoms with van der Waals surface area (Å²) in [5.41, 5.74) is 7.76. The molecule has 2 nitrogen and oxygen atoms in total. The predicted octanol–water partition coefficient (Wildman–Crippen LogP) is 2.37. The first-order chi connectivity index (χ1) is 6.08. The Morgan fingerprint density at radius 1 is 1.38 bits per heavy atom. The number of nitrogens with two attached hydrogens (primary N) is 1. The van der Waals surface area contributed by atoms with Gasteiger partial charge < -0.3 is 10.5 Å². The van der Waals surface area contributed by atoms with Gasteiger partial charge >= 0.3 is 0 Å². The van der Waals surface area contributed by atoms with E-state index in [4.69, 9.17) is 10.5 Å². The van der Waals surface area contributed by atoms with Crippen LogP contribution in [0.15, 0.2) is 18.2 Å². The minimum absolute atomic E-state index is 0.0670. The van der Waals surface area contributed by atoms with E-state index in [0.29, 0.717) is 0 Å². The first kappa shape index (κ1) is 8.42. The molecule has 2 heteroatoms. The molecular formula is C11H15NO. The predicted molar refractivity (Wildman–Crippen MR) is 53.9 cm³/mol. The summed E-state index contributed by atoms with van der Waals surface area (Å²) in [4.78, 5) is 0. The third-order valence-corrected chi connectivity index (χ3v) is 2.50. The van der Waals surface area contributed by atoms with E-state index in [1.807, 2.05) is 12.1 Å². The molecule has 0 unspecified atom stereocenters. The van der Waals surface area contributed by atoms with E-state index < -0.39 is 0 Å². The number of fused-ring (bicyclic) bond motifs is 1. The molecule has 0 aliphatic carbocycles. The zero-order valence-electron chi connectivity index (χ0n) is 8.13. The van der Waals surface area contributed by atoms with E-state index >= 15 is 0 Å². The molecule has 1 aliphatic rings. The molecule has 2 rings (SSSR count). The normalized spacial score (nSPS) is 18.9. The SMILES string of the molecule is CC1(C)CCc2cccc(N)c2O1. The van der Waals surface area contributed by atoms with Crippen molar-refractivity contribution in [3.05, 3.63) is 23.8 Å². The van der Waals surface area contributed by atoms with Crippen LogP contribution in [0.25, 0.3) is 0 Å². The summed E-state index contributed by atoms with van der Waals surface area (Å²) in [5, 5.41) is 0. The van der Waals surface area contributed by atoms with Crippen molar-refractivity contribution >= 4 is 5.69 Å². The Labute approximate surface area is 78.7 Å². The van der Waals surface area contributed by atoms with Crippen molar-refractivity contribution in [3.63, 3.8) is 0 Å². The number of hydrogen-bond donors (Lipinski definition) is 1. The van der Waals surface area contributed by atoms with Crippen molar-refractivity contribution in [3.8, 4) is 5.75 Å². The van der Waals surface area contributed by atoms with Gasteiger partial charge in [0.1, 0.15) is 11.4 Å². The van der Waals surface area contributed by atoms with Crippen molar-refractivity contribution in [2.75, 3.05) is 5.73 Å². The van der Waals surface area contributed by atoms with E-state index in [-0.39, 0.29) is 5.60 Å². The number of nitrogen functional groups attached to an aromatic ring is 1. The zero-order chi connectivity index (χ0) is 9.47. The summed E-state index contributed by atoms with van der Waals surface area (Å²) in [5.74, 6) is 0.888. The van der Waals surface area contributed by atoms with Crippen LogP contribution in [0.2, 0.25) is 0 Å². The molecule has 0 radical (unpaired) electrons. The fraction of sp³-hybridized carbons (Fsp3) is 0.455. The van der Waals surface area contributed by atoms with E-state index in [0.717, 1.165) is 24.3 Å². The van der Waals surface area contributed by atoms with Gasteiger partial charge in [-0.1, -0.05) is 12.1 Å². The van der Waals surface area contributed by atoms with Crippen LogP contribution in [0.4, 0.5) is 5.69 Å². The third kappa shape index (κ3) is 1.48. The molecule has 1 aromatic rings. The average Bonchev–Trinajstić information content (AvgIpc) is 2.06. The highest BCUT2D eigenvalue weighted by molar-refractivity contribution is 5.57. The average molecular weight is 177 g/mol. The monoisotopic (exact) mass is 177 g/mol. The maximum atomic E-state index is 5.84. The van der Waals surface area contributed by atoms with Gasteiger partial charge in [0.15, 0.2) is 0 Å². The molecule has 70 valence electrons. The Morgan fingerprint density at radius 3 is 2.92 bits per heavy atom. The van der Waals surface area contributed by atoms with Gasteiger partial charge in [-0.2, -0.15) is 0 Å². The van der Waals surface area contributed by atoms with Gasteiger partial charge in [-0.05, 0) is 38.3 Å². The lowest BCUT2D eigenvalue weighted by Crippen LogP contribution is -2.32. The minimum Gasteiger partial charge on any atom is -0.485 e. The third-order valence-electron chi connectivity index (χ3n) is 2.50. The van der Waals surface area contributed by atoms with Gasteiger partial charge in [-0.25, -0.2) is 0 Å². The first-order valence-electron chi connectivity index (χ1n) is 4.65. The summed E-state index contributed by atoms with van der Waals surface area (Å²) in [6.07, 6.45) is 2.12. The topological polar surface area (TPSA) is 35.2 Å². The van der Waals surface area contributed by atoms with Crippen molar-refractivity contribution in [1.82, 2.24) is 0 Å². The van der Waals surface area contributed by atoms with Crippen molar-refractivity contribution in [2.24, 2.45) is 0 Å². The lowest BCUT2D eigenvalue weighted by molar-refractivity contribution is 0.0857. The molecule has 0 amide bonds. The molecule has 0 atom stereocenters. The van der Waals surface area contributed by atoms with E-state index in [2.05, 4.69) is 19.9 Å². The van der Waals surface area contributed by atoms with Crippen molar-refractivity contribution < 1.29 is 4.74 Å². The van der Waals surface area contributed by atoms with Crippen LogP contribution >= 0.6 is 0 Å². The largest absolute Gasteiger partial charge is 0.485 e. The summed E-state index contributed by atoms with van der Waals surface area (Å²) >= 11 is 0. The van der Waals surface area contributed by atoms with E-state index in [1.54, 1.807) is 0 Å². The zero-order valence-corrected chi connectivity index (χ0v) is 8.13. The van der Waals surface area contributed by atoms with Crippen LogP contribution in [-0.4, -0.2) is 5.60 Å². The number of para-hydroxylation sites is 1. The molecule has 0 saturated carbocycles. The van der Waals surface area contributed by atoms with E-state index in [9.17, 15) is 0 Å². The maximum Gasteiger partial charge on any atom is 0.146 e. The van der Waals surface area contributed by atoms with Crippen LogP contribution < -0.4 is 10.5 Å². The van der Waals surface area contributed by atoms with Crippen LogP contribution in [0, 0.1) is 0 Å². The molecule has 0 bridgehead atoms. The van der Waals surface area contributed by atoms with Crippen molar-refractivity contribution in [1.29, 1.82) is 0 Å². The standard InChI is InChI=1S/C11H15NO/c1-11(2)7-6-8-4-3-5-9(12)10(8)13-11/h3-5H,6-7,12H2,1-2H3. The van der Waals surface area contributed by atoms with Gasteiger partial charge in [0, 0.05) is 0 Å². The maximum absolute atomic E-state index is 5.84. The van der Waals surface area contributed by atoms with Crippen LogP contribution in [0.5, 0.6) is 5.75 Å². The number of benzene rings is 1. The molecule has 0 aromatic heterocycles. The highest BCUT2D eigenvalue weighted by Gasteiger charge is 2.27. The fourth-order valence-corrected chi connectivity index (χ4v) is 1.69. The lowest BCUT2D eigenvalue weighted by atomic mass is 9.94. The summed E-state index contributed by atoms with van der Waals surface area (Å²) in [7, 11) is 0. The van der Waals surface area contributed by atoms with E-state index in [1.165, 1.54) is 5.56 Å². The number of hydrogen-bond acceptors (Lipinski definition) is 2. The first-order valence-corrected chi connectivity index (χ1v) is 4.65. The van der Waals surface area contributed by atoms with Gasteiger partial charge in [0.2, 0.25) is 0 Å². The smallest absolute Gasteiger partial charge is 0.146 e. The Bertz CT molecular complexity index is 331. The second-order valence-corrected chi connectivity index (χ2v) is 4.20. The van der Waals surface area contributed by atoms with Crippen LogP contribution in [-0.2, 0) is 6.42 Å². The Hall–Kier alpha value is -1.18. The van der Waals surface area contributed by atoms with Crippen molar-refractivity contribution in [2.45, 2.75) is 32.3 Å². The van der Waals surface area contributed by atoms with Gasteiger partial charge in [0.05, 0.1) is 5.69 Å². The lowest BCUT2D eigenvalue weighted by Gasteiger charge is -2.33. The minimum atomic E-state index is -0.0670. The van der Waals surface area contributed by atoms with Crippen LogP contribution in [0.3, 0.4) is 0 Å². The number of aryl methyl sites for hydroxylation is 1. The molecule has 0 saturated heterocycles. The highest BCUT2D eigenvalue weighted by Crippen LogP contribution is 2.36. The van der Waals surface area contributed by atoms with Gasteiger partial charge in [-0.3, -0.25) is 0 Å². The van der Waals surface area contributed by atoms with Gasteiger partial charge in [-0.15, -0.1) is 0 Å². The Kier molecular flexibility index (Phi) is 1.72. The summed E-state index contributed by atoms with van der Waals surface area (Å²) in [6, 6.07) is 5.96. The van der Waals surface area contributed by atoms with Crippen LogP contribution in [0.1, 0.15) is 25.8 Å². The molecular weight excluding hydrogens is 162 g/mol. The Morgan fingerprint density at radius 2 is 2.15 bits per heavy atom. The summed E-state index contributed by atoms with van der Waals surface area (Å²) in [6.45, 7) is 4.20.